The summed E-state index contributed by atoms with van der Waals surface area (Å²) < 4.78 is 39.3. The molecule has 1 aliphatic carbocycles. The van der Waals surface area contributed by atoms with Gasteiger partial charge in [0.25, 0.3) is 0 Å². The first-order valence-corrected chi connectivity index (χ1v) is 5.48. The van der Waals surface area contributed by atoms with E-state index < -0.39 is 6.36 Å². The molecule has 1 saturated carbocycles. The summed E-state index contributed by atoms with van der Waals surface area (Å²) >= 11 is 0. The van der Waals surface area contributed by atoms with Crippen molar-refractivity contribution in [3.63, 3.8) is 0 Å². The van der Waals surface area contributed by atoms with Crippen LogP contribution in [0.15, 0.2) is 18.3 Å². The minimum atomic E-state index is -4.66. The van der Waals surface area contributed by atoms with Gasteiger partial charge in [0.15, 0.2) is 0 Å². The molecule has 0 aromatic carbocycles. The average Bonchev–Trinajstić information content (AvgIpc) is 3.02. The number of halogens is 3. The molecule has 1 fully saturated rings. The van der Waals surface area contributed by atoms with Crippen LogP contribution in [0, 0.1) is 5.92 Å². The van der Waals surface area contributed by atoms with Crippen molar-refractivity contribution in [1.29, 1.82) is 0 Å². The van der Waals surface area contributed by atoms with Gasteiger partial charge in [-0.15, -0.1) is 13.2 Å². The lowest BCUT2D eigenvalue weighted by Gasteiger charge is -2.09. The zero-order chi connectivity index (χ0) is 12.3. The van der Waals surface area contributed by atoms with Crippen molar-refractivity contribution in [1.82, 2.24) is 4.98 Å². The summed E-state index contributed by atoms with van der Waals surface area (Å²) in [5.41, 5.74) is 0. The maximum Gasteiger partial charge on any atom is 0.573 e. The lowest BCUT2D eigenvalue weighted by Crippen LogP contribution is -2.17. The Morgan fingerprint density at radius 1 is 1.35 bits per heavy atom. The highest BCUT2D eigenvalue weighted by Crippen LogP contribution is 2.32. The number of hydrogen-bond donors (Lipinski definition) is 1. The molecule has 0 atom stereocenters. The smallest absolute Gasteiger partial charge is 0.404 e. The summed E-state index contributed by atoms with van der Waals surface area (Å²) in [7, 11) is 0. The third-order valence-electron chi connectivity index (χ3n) is 2.53. The first kappa shape index (κ1) is 12.0. The van der Waals surface area contributed by atoms with Crippen LogP contribution in [0.3, 0.4) is 0 Å². The summed E-state index contributed by atoms with van der Waals surface area (Å²) in [5.74, 6) is 1.08. The second kappa shape index (κ2) is 4.81. The van der Waals surface area contributed by atoms with Gasteiger partial charge in [-0.25, -0.2) is 4.98 Å². The van der Waals surface area contributed by atoms with Crippen LogP contribution in [0.4, 0.5) is 19.0 Å². The summed E-state index contributed by atoms with van der Waals surface area (Å²) in [6.07, 6.45) is 0.0545. The van der Waals surface area contributed by atoms with Gasteiger partial charge in [0.2, 0.25) is 0 Å². The topological polar surface area (TPSA) is 34.1 Å². The molecule has 0 amide bonds. The third kappa shape index (κ3) is 4.50. The number of alkyl halides is 3. The van der Waals surface area contributed by atoms with Gasteiger partial charge in [-0.3, -0.25) is 0 Å². The molecular weight excluding hydrogens is 233 g/mol. The minimum absolute atomic E-state index is 0.301. The lowest BCUT2D eigenvalue weighted by atomic mass is 10.3. The van der Waals surface area contributed by atoms with E-state index in [1.165, 1.54) is 25.0 Å². The fourth-order valence-corrected chi connectivity index (χ4v) is 1.49. The van der Waals surface area contributed by atoms with Crippen LogP contribution in [0.1, 0.15) is 19.3 Å². The molecule has 6 heteroatoms. The van der Waals surface area contributed by atoms with Crippen molar-refractivity contribution in [3.05, 3.63) is 18.3 Å². The molecule has 3 nitrogen and oxygen atoms in total. The number of pyridine rings is 1. The van der Waals surface area contributed by atoms with Crippen LogP contribution in [0.5, 0.6) is 5.75 Å². The minimum Gasteiger partial charge on any atom is -0.404 e. The van der Waals surface area contributed by atoms with Crippen LogP contribution in [0.2, 0.25) is 0 Å². The van der Waals surface area contributed by atoms with Crippen molar-refractivity contribution < 1.29 is 17.9 Å². The SMILES string of the molecule is FC(F)(F)Oc1ccc(NCCC2CC2)nc1. The zero-order valence-corrected chi connectivity index (χ0v) is 9.13. The van der Waals surface area contributed by atoms with Crippen LogP contribution >= 0.6 is 0 Å². The van der Waals surface area contributed by atoms with Gasteiger partial charge in [0.05, 0.1) is 6.20 Å². The highest BCUT2D eigenvalue weighted by Gasteiger charge is 2.31. The Hall–Kier alpha value is -1.46. The monoisotopic (exact) mass is 246 g/mol. The quantitative estimate of drug-likeness (QED) is 0.866. The predicted molar refractivity (Wildman–Crippen MR) is 56.8 cm³/mol. The van der Waals surface area contributed by atoms with Gasteiger partial charge in [0, 0.05) is 6.54 Å². The van der Waals surface area contributed by atoms with Gasteiger partial charge in [-0.2, -0.15) is 0 Å². The van der Waals surface area contributed by atoms with Crippen molar-refractivity contribution in [2.45, 2.75) is 25.6 Å². The summed E-state index contributed by atoms with van der Waals surface area (Å²) in [6, 6.07) is 2.73. The van der Waals surface area contributed by atoms with Crippen LogP contribution in [-0.2, 0) is 0 Å². The highest BCUT2D eigenvalue weighted by molar-refractivity contribution is 5.37. The molecule has 0 unspecified atom stereocenters. The molecule has 1 aliphatic rings. The number of hydrogen-bond acceptors (Lipinski definition) is 3. The molecule has 0 saturated heterocycles. The second-order valence-corrected chi connectivity index (χ2v) is 4.09. The van der Waals surface area contributed by atoms with Gasteiger partial charge in [0.1, 0.15) is 11.6 Å². The molecule has 1 heterocycles. The van der Waals surface area contributed by atoms with E-state index in [0.29, 0.717) is 5.82 Å². The number of ether oxygens (including phenoxy) is 1. The van der Waals surface area contributed by atoms with E-state index in [-0.39, 0.29) is 5.75 Å². The van der Waals surface area contributed by atoms with Gasteiger partial charge in [-0.1, -0.05) is 12.8 Å². The number of nitrogens with zero attached hydrogens (tertiary/aromatic N) is 1. The fourth-order valence-electron chi connectivity index (χ4n) is 1.49. The zero-order valence-electron chi connectivity index (χ0n) is 9.13. The van der Waals surface area contributed by atoms with E-state index in [1.807, 2.05) is 0 Å². The maximum absolute atomic E-state index is 11.9. The van der Waals surface area contributed by atoms with E-state index in [0.717, 1.165) is 25.1 Å². The van der Waals surface area contributed by atoms with Gasteiger partial charge in [-0.05, 0) is 24.5 Å². The Balaban J connectivity index is 1.79. The van der Waals surface area contributed by atoms with Crippen molar-refractivity contribution in [2.24, 2.45) is 5.92 Å². The Bertz CT molecular complexity index is 360. The van der Waals surface area contributed by atoms with E-state index >= 15 is 0 Å². The Morgan fingerprint density at radius 3 is 2.65 bits per heavy atom. The van der Waals surface area contributed by atoms with Gasteiger partial charge < -0.3 is 10.1 Å². The Labute approximate surface area is 97.0 Å². The average molecular weight is 246 g/mol. The Kier molecular flexibility index (Phi) is 3.40. The molecular formula is C11H13F3N2O. The number of nitrogens with one attached hydrogen (secondary N) is 1. The normalized spacial score (nSPS) is 15.7. The molecule has 0 radical (unpaired) electrons. The molecule has 0 bridgehead atoms. The third-order valence-corrected chi connectivity index (χ3v) is 2.53. The molecule has 94 valence electrons. The molecule has 1 aromatic rings. The summed E-state index contributed by atoms with van der Waals surface area (Å²) in [6.45, 7) is 0.803. The van der Waals surface area contributed by atoms with Crippen molar-refractivity contribution in [3.8, 4) is 5.75 Å². The van der Waals surface area contributed by atoms with E-state index in [4.69, 9.17) is 0 Å². The van der Waals surface area contributed by atoms with E-state index in [2.05, 4.69) is 15.0 Å². The maximum atomic E-state index is 11.9. The molecule has 17 heavy (non-hydrogen) atoms. The number of anilines is 1. The van der Waals surface area contributed by atoms with Crippen LogP contribution in [-0.4, -0.2) is 17.9 Å². The van der Waals surface area contributed by atoms with E-state index in [9.17, 15) is 13.2 Å². The second-order valence-electron chi connectivity index (χ2n) is 4.09. The summed E-state index contributed by atoms with van der Waals surface area (Å²) in [5, 5.41) is 3.06. The van der Waals surface area contributed by atoms with Crippen molar-refractivity contribution in [2.75, 3.05) is 11.9 Å². The number of rotatable bonds is 5. The first-order valence-electron chi connectivity index (χ1n) is 5.48. The Morgan fingerprint density at radius 2 is 2.12 bits per heavy atom. The van der Waals surface area contributed by atoms with E-state index in [1.54, 1.807) is 0 Å². The standard InChI is InChI=1S/C11H13F3N2O/c12-11(13,14)17-9-3-4-10(16-7-9)15-6-5-8-1-2-8/h3-4,7-8H,1-2,5-6H2,(H,15,16). The van der Waals surface area contributed by atoms with Crippen LogP contribution in [0.25, 0.3) is 0 Å². The predicted octanol–water partition coefficient (Wildman–Crippen LogP) is 3.19. The molecule has 2 rings (SSSR count). The highest BCUT2D eigenvalue weighted by atomic mass is 19.4. The molecule has 1 N–H and O–H groups in total. The molecule has 0 aliphatic heterocycles. The molecule has 1 aromatic heterocycles. The number of aromatic nitrogens is 1. The lowest BCUT2D eigenvalue weighted by molar-refractivity contribution is -0.274. The van der Waals surface area contributed by atoms with Crippen LogP contribution < -0.4 is 10.1 Å². The fraction of sp³-hybridized carbons (Fsp3) is 0.545. The molecule has 0 spiro atoms. The summed E-state index contributed by atoms with van der Waals surface area (Å²) in [4.78, 5) is 3.84. The largest absolute Gasteiger partial charge is 0.573 e. The van der Waals surface area contributed by atoms with Crippen molar-refractivity contribution >= 4 is 5.82 Å². The first-order chi connectivity index (χ1) is 8.03. The van der Waals surface area contributed by atoms with Gasteiger partial charge >= 0.3 is 6.36 Å².